The lowest BCUT2D eigenvalue weighted by atomic mass is 9.99. The quantitative estimate of drug-likeness (QED) is 0.879. The molecule has 0 aliphatic carbocycles. The molecule has 1 aromatic heterocycles. The summed E-state index contributed by atoms with van der Waals surface area (Å²) >= 11 is 0. The largest absolute Gasteiger partial charge is 0.313 e. The summed E-state index contributed by atoms with van der Waals surface area (Å²) < 4.78 is 1.85. The molecule has 0 radical (unpaired) electrons. The van der Waals surface area contributed by atoms with Gasteiger partial charge in [-0.1, -0.05) is 24.3 Å². The molecule has 4 heteroatoms. The molecule has 100 valence electrons. The van der Waals surface area contributed by atoms with Crippen LogP contribution in [0.3, 0.4) is 0 Å². The minimum atomic E-state index is 0.423. The smallest absolute Gasteiger partial charge is 0.0534 e. The van der Waals surface area contributed by atoms with Gasteiger partial charge in [-0.2, -0.15) is 5.10 Å². The fourth-order valence-corrected chi connectivity index (χ4v) is 2.68. The van der Waals surface area contributed by atoms with Crippen LogP contribution in [-0.4, -0.2) is 16.3 Å². The molecular formula is C15H20N4. The molecule has 1 aliphatic rings. The van der Waals surface area contributed by atoms with Gasteiger partial charge < -0.3 is 10.6 Å². The number of rotatable bonds is 3. The van der Waals surface area contributed by atoms with Gasteiger partial charge in [0.15, 0.2) is 0 Å². The number of nitrogens with one attached hydrogen (secondary N) is 2. The van der Waals surface area contributed by atoms with Gasteiger partial charge in [0.25, 0.3) is 0 Å². The van der Waals surface area contributed by atoms with Crippen molar-refractivity contribution in [2.45, 2.75) is 25.6 Å². The number of hydrogen-bond donors (Lipinski definition) is 2. The summed E-state index contributed by atoms with van der Waals surface area (Å²) in [5, 5.41) is 11.3. The topological polar surface area (TPSA) is 41.9 Å². The third kappa shape index (κ3) is 2.85. The molecule has 4 nitrogen and oxygen atoms in total. The summed E-state index contributed by atoms with van der Waals surface area (Å²) in [4.78, 5) is 0. The van der Waals surface area contributed by atoms with Crippen molar-refractivity contribution in [2.24, 2.45) is 7.05 Å². The molecule has 2 aromatic rings. The molecule has 0 bridgehead atoms. The van der Waals surface area contributed by atoms with Crippen molar-refractivity contribution in [1.82, 2.24) is 20.4 Å². The van der Waals surface area contributed by atoms with Crippen molar-refractivity contribution in [3.63, 3.8) is 0 Å². The molecule has 19 heavy (non-hydrogen) atoms. The van der Waals surface area contributed by atoms with Crippen LogP contribution in [0, 0.1) is 0 Å². The normalized spacial score (nSPS) is 18.9. The number of hydrogen-bond acceptors (Lipinski definition) is 3. The van der Waals surface area contributed by atoms with Gasteiger partial charge in [0, 0.05) is 37.9 Å². The molecule has 2 N–H and O–H groups in total. The third-order valence-corrected chi connectivity index (χ3v) is 3.67. The Bertz CT molecular complexity index is 547. The summed E-state index contributed by atoms with van der Waals surface area (Å²) in [5.74, 6) is 0. The van der Waals surface area contributed by atoms with Gasteiger partial charge in [-0.05, 0) is 24.1 Å². The maximum atomic E-state index is 4.21. The molecule has 3 rings (SSSR count). The molecular weight excluding hydrogens is 236 g/mol. The summed E-state index contributed by atoms with van der Waals surface area (Å²) in [6.07, 6.45) is 5.11. The lowest BCUT2D eigenvalue weighted by Gasteiger charge is -2.18. The van der Waals surface area contributed by atoms with Crippen molar-refractivity contribution in [2.75, 3.05) is 6.54 Å². The zero-order valence-electron chi connectivity index (χ0n) is 11.3. The Morgan fingerprint density at radius 2 is 2.32 bits per heavy atom. The molecule has 0 spiro atoms. The van der Waals surface area contributed by atoms with Gasteiger partial charge in [-0.25, -0.2) is 0 Å². The molecule has 1 atom stereocenters. The molecule has 0 amide bonds. The van der Waals surface area contributed by atoms with Crippen molar-refractivity contribution in [3.8, 4) is 0 Å². The van der Waals surface area contributed by atoms with Crippen LogP contribution in [0.1, 0.15) is 29.2 Å². The number of benzene rings is 1. The van der Waals surface area contributed by atoms with Crippen LogP contribution in [0.5, 0.6) is 0 Å². The van der Waals surface area contributed by atoms with Crippen LogP contribution in [0.2, 0.25) is 0 Å². The summed E-state index contributed by atoms with van der Waals surface area (Å²) in [6, 6.07) is 9.12. The van der Waals surface area contributed by atoms with Crippen molar-refractivity contribution in [3.05, 3.63) is 53.3 Å². The summed E-state index contributed by atoms with van der Waals surface area (Å²) in [7, 11) is 1.95. The SMILES string of the molecule is Cn1cc(CNC2CCNCc3ccccc32)cn1. The predicted molar refractivity (Wildman–Crippen MR) is 75.6 cm³/mol. The van der Waals surface area contributed by atoms with Crippen LogP contribution in [0.25, 0.3) is 0 Å². The first-order chi connectivity index (χ1) is 9.33. The summed E-state index contributed by atoms with van der Waals surface area (Å²) in [6.45, 7) is 2.90. The Labute approximate surface area is 113 Å². The van der Waals surface area contributed by atoms with Gasteiger partial charge >= 0.3 is 0 Å². The molecule has 0 saturated heterocycles. The highest BCUT2D eigenvalue weighted by Gasteiger charge is 2.17. The van der Waals surface area contributed by atoms with Crippen LogP contribution >= 0.6 is 0 Å². The predicted octanol–water partition coefficient (Wildman–Crippen LogP) is 1.74. The monoisotopic (exact) mass is 256 g/mol. The second-order valence-corrected chi connectivity index (χ2v) is 5.12. The van der Waals surface area contributed by atoms with E-state index in [1.807, 2.05) is 17.9 Å². The number of aryl methyl sites for hydroxylation is 1. The summed E-state index contributed by atoms with van der Waals surface area (Å²) in [5.41, 5.74) is 4.07. The fraction of sp³-hybridized carbons (Fsp3) is 0.400. The van der Waals surface area contributed by atoms with E-state index in [9.17, 15) is 0 Å². The molecule has 1 aromatic carbocycles. The first kappa shape index (κ1) is 12.4. The van der Waals surface area contributed by atoms with E-state index in [0.29, 0.717) is 6.04 Å². The van der Waals surface area contributed by atoms with E-state index in [4.69, 9.17) is 0 Å². The van der Waals surface area contributed by atoms with E-state index < -0.39 is 0 Å². The van der Waals surface area contributed by atoms with Crippen molar-refractivity contribution >= 4 is 0 Å². The highest BCUT2D eigenvalue weighted by Crippen LogP contribution is 2.23. The highest BCUT2D eigenvalue weighted by molar-refractivity contribution is 5.31. The average Bonchev–Trinajstić information content (AvgIpc) is 2.73. The number of aromatic nitrogens is 2. The lowest BCUT2D eigenvalue weighted by Crippen LogP contribution is -2.22. The van der Waals surface area contributed by atoms with Crippen molar-refractivity contribution < 1.29 is 0 Å². The van der Waals surface area contributed by atoms with E-state index in [0.717, 1.165) is 26.1 Å². The van der Waals surface area contributed by atoms with Gasteiger partial charge in [0.1, 0.15) is 0 Å². The minimum Gasteiger partial charge on any atom is -0.313 e. The van der Waals surface area contributed by atoms with E-state index >= 15 is 0 Å². The molecule has 1 aliphatic heterocycles. The maximum absolute atomic E-state index is 4.21. The average molecular weight is 256 g/mol. The molecule has 0 fully saturated rings. The van der Waals surface area contributed by atoms with Crippen LogP contribution in [0.4, 0.5) is 0 Å². The Morgan fingerprint density at radius 1 is 1.42 bits per heavy atom. The molecule has 0 saturated carbocycles. The van der Waals surface area contributed by atoms with E-state index in [1.54, 1.807) is 0 Å². The van der Waals surface area contributed by atoms with E-state index in [-0.39, 0.29) is 0 Å². The van der Waals surface area contributed by atoms with Crippen LogP contribution in [0.15, 0.2) is 36.7 Å². The standard InChI is InChI=1S/C15H20N4/c1-19-11-12(9-18-19)8-17-15-6-7-16-10-13-4-2-3-5-14(13)15/h2-5,9,11,15-17H,6-8,10H2,1H3. The van der Waals surface area contributed by atoms with Crippen LogP contribution < -0.4 is 10.6 Å². The van der Waals surface area contributed by atoms with Crippen molar-refractivity contribution in [1.29, 1.82) is 0 Å². The van der Waals surface area contributed by atoms with E-state index in [1.165, 1.54) is 16.7 Å². The second-order valence-electron chi connectivity index (χ2n) is 5.12. The zero-order chi connectivity index (χ0) is 13.1. The Balaban J connectivity index is 1.73. The fourth-order valence-electron chi connectivity index (χ4n) is 2.68. The van der Waals surface area contributed by atoms with Crippen LogP contribution in [-0.2, 0) is 20.1 Å². The number of nitrogens with zero attached hydrogens (tertiary/aromatic N) is 2. The maximum Gasteiger partial charge on any atom is 0.0534 e. The second kappa shape index (κ2) is 5.55. The van der Waals surface area contributed by atoms with Gasteiger partial charge in [-0.15, -0.1) is 0 Å². The molecule has 1 unspecified atom stereocenters. The Hall–Kier alpha value is -1.65. The van der Waals surface area contributed by atoms with Gasteiger partial charge in [0.05, 0.1) is 6.20 Å². The lowest BCUT2D eigenvalue weighted by molar-refractivity contribution is 0.496. The Morgan fingerprint density at radius 3 is 3.16 bits per heavy atom. The first-order valence-electron chi connectivity index (χ1n) is 6.82. The first-order valence-corrected chi connectivity index (χ1v) is 6.82. The van der Waals surface area contributed by atoms with Gasteiger partial charge in [0.2, 0.25) is 0 Å². The van der Waals surface area contributed by atoms with Gasteiger partial charge in [-0.3, -0.25) is 4.68 Å². The third-order valence-electron chi connectivity index (χ3n) is 3.67. The molecule has 2 heterocycles. The number of fused-ring (bicyclic) bond motifs is 1. The Kier molecular flexibility index (Phi) is 3.62. The minimum absolute atomic E-state index is 0.423. The zero-order valence-corrected chi connectivity index (χ0v) is 11.3. The van der Waals surface area contributed by atoms with E-state index in [2.05, 4.69) is 46.2 Å². The highest BCUT2D eigenvalue weighted by atomic mass is 15.2.